The highest BCUT2D eigenvalue weighted by atomic mass is 16.5. The second-order valence-corrected chi connectivity index (χ2v) is 7.88. The fourth-order valence-corrected chi connectivity index (χ4v) is 4.16. The number of aliphatic hydroxyl groups excluding tert-OH is 1. The first-order valence-electron chi connectivity index (χ1n) is 10.1. The van der Waals surface area contributed by atoms with Crippen molar-refractivity contribution in [1.29, 1.82) is 0 Å². The van der Waals surface area contributed by atoms with Gasteiger partial charge >= 0.3 is 0 Å². The van der Waals surface area contributed by atoms with Gasteiger partial charge in [-0.25, -0.2) is 4.68 Å². The number of ether oxygens (including phenoxy) is 1. The molecule has 2 aromatic carbocycles. The fourth-order valence-electron chi connectivity index (χ4n) is 4.16. The molecule has 1 aliphatic heterocycles. The maximum Gasteiger partial charge on any atom is 0.274 e. The summed E-state index contributed by atoms with van der Waals surface area (Å²) in [6.45, 7) is 6.27. The van der Waals surface area contributed by atoms with Crippen LogP contribution >= 0.6 is 0 Å². The third-order valence-corrected chi connectivity index (χ3v) is 5.26. The molecule has 0 bridgehead atoms. The van der Waals surface area contributed by atoms with Crippen molar-refractivity contribution < 1.29 is 9.84 Å². The molecule has 2 heterocycles. The van der Waals surface area contributed by atoms with Gasteiger partial charge in [0.2, 0.25) is 0 Å². The predicted molar refractivity (Wildman–Crippen MR) is 114 cm³/mol. The minimum Gasteiger partial charge on any atom is -0.390 e. The van der Waals surface area contributed by atoms with Crippen molar-refractivity contribution in [3.8, 4) is 11.3 Å². The Bertz CT molecular complexity index is 1020. The molecule has 4 rings (SSSR count). The minimum absolute atomic E-state index is 0.136. The smallest absolute Gasteiger partial charge is 0.274 e. The van der Waals surface area contributed by atoms with Gasteiger partial charge in [0.05, 0.1) is 35.9 Å². The van der Waals surface area contributed by atoms with Gasteiger partial charge in [-0.05, 0) is 19.9 Å². The largest absolute Gasteiger partial charge is 0.390 e. The van der Waals surface area contributed by atoms with E-state index in [0.29, 0.717) is 11.9 Å². The summed E-state index contributed by atoms with van der Waals surface area (Å²) < 4.78 is 7.16. The monoisotopic (exact) mass is 393 g/mol. The van der Waals surface area contributed by atoms with Crippen LogP contribution in [0.15, 0.2) is 59.4 Å². The Kier molecular flexibility index (Phi) is 5.76. The van der Waals surface area contributed by atoms with Gasteiger partial charge in [0.1, 0.15) is 0 Å². The number of fused-ring (bicyclic) bond motifs is 1. The average Bonchev–Trinajstić information content (AvgIpc) is 2.70. The summed E-state index contributed by atoms with van der Waals surface area (Å²) in [4.78, 5) is 15.2. The van der Waals surface area contributed by atoms with Crippen molar-refractivity contribution in [3.05, 3.63) is 65.0 Å². The highest BCUT2D eigenvalue weighted by Crippen LogP contribution is 2.24. The summed E-state index contributed by atoms with van der Waals surface area (Å²) in [6.07, 6.45) is -0.420. The van der Waals surface area contributed by atoms with Crippen LogP contribution in [-0.2, 0) is 11.3 Å². The third kappa shape index (κ3) is 4.40. The molecule has 1 N–H and O–H groups in total. The van der Waals surface area contributed by atoms with E-state index in [0.717, 1.165) is 29.7 Å². The number of hydrogen-bond donors (Lipinski definition) is 1. The van der Waals surface area contributed by atoms with Crippen molar-refractivity contribution in [1.82, 2.24) is 14.7 Å². The van der Waals surface area contributed by atoms with E-state index in [1.54, 1.807) is 0 Å². The molecule has 0 amide bonds. The van der Waals surface area contributed by atoms with Crippen LogP contribution in [0, 0.1) is 0 Å². The van der Waals surface area contributed by atoms with Crippen molar-refractivity contribution in [2.45, 2.75) is 38.7 Å². The lowest BCUT2D eigenvalue weighted by molar-refractivity contribution is -0.0774. The van der Waals surface area contributed by atoms with Crippen LogP contribution in [0.4, 0.5) is 0 Å². The van der Waals surface area contributed by atoms with Gasteiger partial charge in [0.25, 0.3) is 5.56 Å². The number of rotatable bonds is 5. The average molecular weight is 393 g/mol. The number of morpholine rings is 1. The second-order valence-electron chi connectivity index (χ2n) is 7.88. The molecule has 6 nitrogen and oxygen atoms in total. The Balaban J connectivity index is 1.64. The molecule has 0 unspecified atom stereocenters. The molecular formula is C23H27N3O3. The van der Waals surface area contributed by atoms with E-state index in [-0.39, 0.29) is 24.3 Å². The van der Waals surface area contributed by atoms with Crippen molar-refractivity contribution in [2.75, 3.05) is 19.6 Å². The third-order valence-electron chi connectivity index (χ3n) is 5.26. The maximum atomic E-state index is 13.0. The van der Waals surface area contributed by atoms with Crippen molar-refractivity contribution >= 4 is 10.8 Å². The summed E-state index contributed by atoms with van der Waals surface area (Å²) in [6, 6.07) is 17.3. The van der Waals surface area contributed by atoms with E-state index in [4.69, 9.17) is 4.74 Å². The Labute approximate surface area is 170 Å². The molecule has 1 aromatic heterocycles. The summed E-state index contributed by atoms with van der Waals surface area (Å²) in [7, 11) is 0. The van der Waals surface area contributed by atoms with Gasteiger partial charge in [-0.3, -0.25) is 9.69 Å². The minimum atomic E-state index is -0.692. The molecule has 3 aromatic rings. The molecule has 152 valence electrons. The lowest BCUT2D eigenvalue weighted by atomic mass is 10.1. The Morgan fingerprint density at radius 3 is 2.31 bits per heavy atom. The summed E-state index contributed by atoms with van der Waals surface area (Å²) >= 11 is 0. The van der Waals surface area contributed by atoms with Crippen LogP contribution in [0.2, 0.25) is 0 Å². The zero-order valence-electron chi connectivity index (χ0n) is 16.9. The zero-order valence-corrected chi connectivity index (χ0v) is 16.9. The molecule has 1 saturated heterocycles. The molecule has 0 spiro atoms. The maximum absolute atomic E-state index is 13.0. The first kappa shape index (κ1) is 19.8. The number of hydrogen-bond acceptors (Lipinski definition) is 5. The van der Waals surface area contributed by atoms with E-state index in [1.165, 1.54) is 4.68 Å². The lowest BCUT2D eigenvalue weighted by Crippen LogP contribution is -2.49. The molecule has 29 heavy (non-hydrogen) atoms. The number of aliphatic hydroxyl groups is 1. The summed E-state index contributed by atoms with van der Waals surface area (Å²) in [5.74, 6) is 0. The summed E-state index contributed by atoms with van der Waals surface area (Å²) in [5, 5.41) is 16.8. The van der Waals surface area contributed by atoms with Crippen LogP contribution in [0.3, 0.4) is 0 Å². The standard InChI is InChI=1S/C23H27N3O3/c1-16-12-25(13-17(2)29-16)14-19(27)15-26-23(28)21-11-7-6-10-20(21)22(24-26)18-8-4-3-5-9-18/h3-11,16-17,19,27H,12-15H2,1-2H3/t16-,17-,19+/m1/s1. The van der Waals surface area contributed by atoms with Crippen LogP contribution in [0.5, 0.6) is 0 Å². The fraction of sp³-hybridized carbons (Fsp3) is 0.391. The molecule has 0 aliphatic carbocycles. The van der Waals surface area contributed by atoms with Crippen LogP contribution in [0.25, 0.3) is 22.0 Å². The van der Waals surface area contributed by atoms with Gasteiger partial charge < -0.3 is 9.84 Å². The van der Waals surface area contributed by atoms with Crippen molar-refractivity contribution in [3.63, 3.8) is 0 Å². The molecular weight excluding hydrogens is 366 g/mol. The molecule has 1 aliphatic rings. The Morgan fingerprint density at radius 2 is 1.62 bits per heavy atom. The highest BCUT2D eigenvalue weighted by Gasteiger charge is 2.24. The lowest BCUT2D eigenvalue weighted by Gasteiger charge is -2.36. The first-order valence-corrected chi connectivity index (χ1v) is 10.1. The van der Waals surface area contributed by atoms with E-state index >= 15 is 0 Å². The van der Waals surface area contributed by atoms with Gasteiger partial charge in [-0.2, -0.15) is 5.10 Å². The Hall–Kier alpha value is -2.54. The van der Waals surface area contributed by atoms with Gasteiger partial charge in [-0.1, -0.05) is 48.5 Å². The number of aromatic nitrogens is 2. The van der Waals surface area contributed by atoms with Gasteiger partial charge in [0.15, 0.2) is 0 Å². The van der Waals surface area contributed by atoms with Gasteiger partial charge in [0, 0.05) is 30.6 Å². The second kappa shape index (κ2) is 8.45. The molecule has 0 saturated carbocycles. The normalized spacial score (nSPS) is 21.3. The zero-order chi connectivity index (χ0) is 20.4. The quantitative estimate of drug-likeness (QED) is 0.722. The number of benzene rings is 2. The van der Waals surface area contributed by atoms with E-state index in [9.17, 15) is 9.90 Å². The van der Waals surface area contributed by atoms with Crippen LogP contribution in [0.1, 0.15) is 13.8 Å². The van der Waals surface area contributed by atoms with E-state index < -0.39 is 6.10 Å². The topological polar surface area (TPSA) is 67.6 Å². The van der Waals surface area contributed by atoms with Crippen molar-refractivity contribution in [2.24, 2.45) is 0 Å². The predicted octanol–water partition coefficient (Wildman–Crippen LogP) is 2.53. The molecule has 0 radical (unpaired) electrons. The van der Waals surface area contributed by atoms with Crippen LogP contribution < -0.4 is 5.56 Å². The SMILES string of the molecule is C[C@@H]1CN(C[C@H](O)Cn2nc(-c3ccccc3)c3ccccc3c2=O)C[C@@H](C)O1. The first-order chi connectivity index (χ1) is 14.0. The van der Waals surface area contributed by atoms with Crippen LogP contribution in [-0.4, -0.2) is 57.7 Å². The molecule has 6 heteroatoms. The summed E-state index contributed by atoms with van der Waals surface area (Å²) in [5.41, 5.74) is 1.52. The Morgan fingerprint density at radius 1 is 1.00 bits per heavy atom. The molecule has 1 fully saturated rings. The van der Waals surface area contributed by atoms with E-state index in [1.807, 2.05) is 68.4 Å². The number of nitrogens with zero attached hydrogens (tertiary/aromatic N) is 3. The highest BCUT2D eigenvalue weighted by molar-refractivity contribution is 5.93. The number of β-amino-alcohol motifs (C(OH)–C–C–N with tert-alkyl or cyclic N) is 1. The van der Waals surface area contributed by atoms with E-state index in [2.05, 4.69) is 10.00 Å². The molecule has 3 atom stereocenters. The van der Waals surface area contributed by atoms with Gasteiger partial charge in [-0.15, -0.1) is 0 Å².